The number of fused-ring (bicyclic) bond motifs is 1. The van der Waals surface area contributed by atoms with Crippen molar-refractivity contribution in [1.82, 2.24) is 10.3 Å². The van der Waals surface area contributed by atoms with Gasteiger partial charge in [0.2, 0.25) is 5.91 Å². The van der Waals surface area contributed by atoms with Crippen molar-refractivity contribution in [2.75, 3.05) is 33.9 Å². The predicted octanol–water partition coefficient (Wildman–Crippen LogP) is 3.77. The van der Waals surface area contributed by atoms with Crippen LogP contribution in [0.4, 0.5) is 40.8 Å². The van der Waals surface area contributed by atoms with Gasteiger partial charge in [-0.05, 0) is 38.0 Å². The van der Waals surface area contributed by atoms with Crippen molar-refractivity contribution in [1.29, 1.82) is 0 Å². The van der Waals surface area contributed by atoms with Gasteiger partial charge in [-0.25, -0.2) is 9.78 Å². The van der Waals surface area contributed by atoms with Crippen LogP contribution in [0.1, 0.15) is 31.0 Å². The van der Waals surface area contributed by atoms with E-state index in [0.717, 1.165) is 18.9 Å². The number of anilines is 4. The van der Waals surface area contributed by atoms with Crippen LogP contribution in [0.3, 0.4) is 0 Å². The summed E-state index contributed by atoms with van der Waals surface area (Å²) in [7, 11) is 0. The number of nitrogens with one attached hydrogen (secondary N) is 4. The standard InChI is InChI=1S/C21H23F3N6O2/c1-12-19(31)29-17-14(26-12)5-4-6-15(17)27-20(32)25-11-13-7-8-16(21(22,23)24)28-18(13)30-9-2-3-10-30/h4-8,12,26H,2-3,9-11H2,1H3,(H,29,31)(H2,25,27,32)/t12-/m1/s1. The van der Waals surface area contributed by atoms with Crippen molar-refractivity contribution in [3.63, 3.8) is 0 Å². The Morgan fingerprint density at radius 2 is 1.97 bits per heavy atom. The summed E-state index contributed by atoms with van der Waals surface area (Å²) >= 11 is 0. The normalized spacial score (nSPS) is 17.9. The van der Waals surface area contributed by atoms with Crippen LogP contribution in [-0.2, 0) is 17.5 Å². The SMILES string of the molecule is C[C@H]1Nc2cccc(NC(=O)NCc3ccc(C(F)(F)F)nc3N3CCCC3)c2NC1=O. The molecule has 11 heteroatoms. The first-order chi connectivity index (χ1) is 15.2. The topological polar surface area (TPSA) is 98.4 Å². The molecule has 3 heterocycles. The number of carbonyl (C=O) groups is 2. The Balaban J connectivity index is 1.48. The second-order valence-electron chi connectivity index (χ2n) is 7.76. The van der Waals surface area contributed by atoms with E-state index >= 15 is 0 Å². The maximum Gasteiger partial charge on any atom is 0.433 e. The molecule has 4 rings (SSSR count). The lowest BCUT2D eigenvalue weighted by Crippen LogP contribution is -2.37. The minimum Gasteiger partial charge on any atom is -0.372 e. The van der Waals surface area contributed by atoms with Gasteiger partial charge in [-0.1, -0.05) is 12.1 Å². The summed E-state index contributed by atoms with van der Waals surface area (Å²) in [6.07, 6.45) is -2.79. The Bertz CT molecular complexity index is 1040. The van der Waals surface area contributed by atoms with Crippen LogP contribution in [0.15, 0.2) is 30.3 Å². The Kier molecular flexibility index (Phi) is 5.81. The molecule has 1 aromatic carbocycles. The molecule has 32 heavy (non-hydrogen) atoms. The van der Waals surface area contributed by atoms with Gasteiger partial charge >= 0.3 is 12.2 Å². The lowest BCUT2D eigenvalue weighted by atomic mass is 10.1. The zero-order chi connectivity index (χ0) is 22.9. The van der Waals surface area contributed by atoms with E-state index in [1.807, 2.05) is 0 Å². The van der Waals surface area contributed by atoms with Gasteiger partial charge in [-0.3, -0.25) is 4.79 Å². The first kappa shape index (κ1) is 21.7. The molecule has 0 bridgehead atoms. The number of pyridine rings is 1. The van der Waals surface area contributed by atoms with Gasteiger partial charge in [0, 0.05) is 25.2 Å². The molecule has 0 unspecified atom stereocenters. The van der Waals surface area contributed by atoms with E-state index in [2.05, 4.69) is 26.3 Å². The highest BCUT2D eigenvalue weighted by molar-refractivity contribution is 6.08. The van der Waals surface area contributed by atoms with E-state index in [9.17, 15) is 22.8 Å². The molecule has 0 radical (unpaired) electrons. The van der Waals surface area contributed by atoms with Crippen LogP contribution in [0.25, 0.3) is 0 Å². The van der Waals surface area contributed by atoms with Gasteiger partial charge < -0.3 is 26.2 Å². The number of nitrogens with zero attached hydrogens (tertiary/aromatic N) is 2. The van der Waals surface area contributed by atoms with E-state index in [4.69, 9.17) is 0 Å². The molecule has 2 aliphatic heterocycles. The Hall–Kier alpha value is -3.50. The summed E-state index contributed by atoms with van der Waals surface area (Å²) < 4.78 is 39.4. The molecule has 0 aliphatic carbocycles. The fraction of sp³-hybridized carbons (Fsp3) is 0.381. The number of para-hydroxylation sites is 1. The van der Waals surface area contributed by atoms with Crippen molar-refractivity contribution >= 4 is 34.8 Å². The van der Waals surface area contributed by atoms with E-state index < -0.39 is 23.9 Å². The second-order valence-corrected chi connectivity index (χ2v) is 7.76. The molecule has 2 aliphatic rings. The minimum absolute atomic E-state index is 0.000525. The zero-order valence-electron chi connectivity index (χ0n) is 17.3. The number of aromatic nitrogens is 1. The lowest BCUT2D eigenvalue weighted by molar-refractivity contribution is -0.141. The molecule has 1 atom stereocenters. The third-order valence-electron chi connectivity index (χ3n) is 5.42. The largest absolute Gasteiger partial charge is 0.433 e. The Morgan fingerprint density at radius 1 is 1.22 bits per heavy atom. The predicted molar refractivity (Wildman–Crippen MR) is 115 cm³/mol. The third kappa shape index (κ3) is 4.56. The molecular formula is C21H23F3N6O2. The highest BCUT2D eigenvalue weighted by Crippen LogP contribution is 2.34. The third-order valence-corrected chi connectivity index (χ3v) is 5.42. The quantitative estimate of drug-likeness (QED) is 0.571. The van der Waals surface area contributed by atoms with Crippen LogP contribution in [0.5, 0.6) is 0 Å². The van der Waals surface area contributed by atoms with E-state index in [0.29, 0.717) is 35.7 Å². The van der Waals surface area contributed by atoms with Crippen LogP contribution < -0.4 is 26.2 Å². The lowest BCUT2D eigenvalue weighted by Gasteiger charge is -2.26. The summed E-state index contributed by atoms with van der Waals surface area (Å²) in [6, 6.07) is 6.47. The minimum atomic E-state index is -4.54. The van der Waals surface area contributed by atoms with Gasteiger partial charge in [-0.15, -0.1) is 0 Å². The summed E-state index contributed by atoms with van der Waals surface area (Å²) in [6.45, 7) is 2.96. The maximum absolute atomic E-state index is 13.1. The van der Waals surface area contributed by atoms with Crippen LogP contribution in [0, 0.1) is 0 Å². The molecular weight excluding hydrogens is 425 g/mol. The van der Waals surface area contributed by atoms with E-state index in [-0.39, 0.29) is 18.3 Å². The zero-order valence-corrected chi connectivity index (χ0v) is 17.3. The average Bonchev–Trinajstić information content (AvgIpc) is 3.27. The highest BCUT2D eigenvalue weighted by atomic mass is 19.4. The van der Waals surface area contributed by atoms with Crippen molar-refractivity contribution in [2.24, 2.45) is 0 Å². The molecule has 1 fully saturated rings. The number of hydrogen-bond acceptors (Lipinski definition) is 5. The molecule has 1 aromatic heterocycles. The van der Waals surface area contributed by atoms with Crippen molar-refractivity contribution < 1.29 is 22.8 Å². The second kappa shape index (κ2) is 8.56. The van der Waals surface area contributed by atoms with Gasteiger partial charge in [0.05, 0.1) is 17.1 Å². The highest BCUT2D eigenvalue weighted by Gasteiger charge is 2.34. The summed E-state index contributed by atoms with van der Waals surface area (Å²) in [5.74, 6) is 0.0124. The van der Waals surface area contributed by atoms with Crippen LogP contribution in [0.2, 0.25) is 0 Å². The van der Waals surface area contributed by atoms with E-state index in [1.165, 1.54) is 6.07 Å². The summed E-state index contributed by atoms with van der Waals surface area (Å²) in [5, 5.41) is 11.2. The van der Waals surface area contributed by atoms with Crippen molar-refractivity contribution in [2.45, 2.75) is 38.5 Å². The van der Waals surface area contributed by atoms with E-state index in [1.54, 1.807) is 30.0 Å². The molecule has 0 saturated carbocycles. The van der Waals surface area contributed by atoms with Crippen molar-refractivity contribution in [3.8, 4) is 0 Å². The Morgan fingerprint density at radius 3 is 2.69 bits per heavy atom. The van der Waals surface area contributed by atoms with Crippen LogP contribution in [-0.4, -0.2) is 36.1 Å². The first-order valence-corrected chi connectivity index (χ1v) is 10.3. The fourth-order valence-corrected chi connectivity index (χ4v) is 3.76. The fourth-order valence-electron chi connectivity index (χ4n) is 3.76. The number of halogens is 3. The molecule has 8 nitrogen and oxygen atoms in total. The van der Waals surface area contributed by atoms with Gasteiger partial charge in [0.15, 0.2) is 0 Å². The number of rotatable bonds is 4. The number of hydrogen-bond donors (Lipinski definition) is 4. The molecule has 3 amide bonds. The number of urea groups is 1. The maximum atomic E-state index is 13.1. The number of benzene rings is 1. The number of alkyl halides is 3. The van der Waals surface area contributed by atoms with Gasteiger partial charge in [0.25, 0.3) is 0 Å². The molecule has 0 spiro atoms. The number of amides is 3. The molecule has 1 saturated heterocycles. The van der Waals surface area contributed by atoms with Gasteiger partial charge in [0.1, 0.15) is 17.6 Å². The van der Waals surface area contributed by atoms with Crippen molar-refractivity contribution in [3.05, 3.63) is 41.6 Å². The van der Waals surface area contributed by atoms with Crippen LogP contribution >= 0.6 is 0 Å². The number of carbonyl (C=O) groups excluding carboxylic acids is 2. The summed E-state index contributed by atoms with van der Waals surface area (Å²) in [4.78, 5) is 30.1. The average molecular weight is 448 g/mol. The monoisotopic (exact) mass is 448 g/mol. The van der Waals surface area contributed by atoms with Gasteiger partial charge in [-0.2, -0.15) is 13.2 Å². The smallest absolute Gasteiger partial charge is 0.372 e. The summed E-state index contributed by atoms with van der Waals surface area (Å²) in [5.41, 5.74) is 1.07. The first-order valence-electron chi connectivity index (χ1n) is 10.3. The Labute approximate surface area is 182 Å². The molecule has 170 valence electrons. The molecule has 4 N–H and O–H groups in total. The molecule has 2 aromatic rings.